The van der Waals surface area contributed by atoms with Crippen LogP contribution in [0.5, 0.6) is 0 Å². The molecule has 0 radical (unpaired) electrons. The Morgan fingerprint density at radius 3 is 1.71 bits per heavy atom. The molecule has 8 rings (SSSR count). The molecule has 0 unspecified atom stereocenters. The maximum Gasteiger partial charge on any atom is 0.0629 e. The minimum atomic E-state index is -0.403. The van der Waals surface area contributed by atoms with Crippen LogP contribution < -0.4 is 0 Å². The summed E-state index contributed by atoms with van der Waals surface area (Å²) in [5, 5.41) is 5.04. The SMILES string of the molecule is [2H]c1c([2H])c([2H])c2c(-c3cccc(-c4cccc5ccccc45)c3)c3c([2H])c([2H])c([2H])c([2H])c3c(Cc3cccc4ccccc34)c2c1[2H]. The van der Waals surface area contributed by atoms with Crippen molar-refractivity contribution in [1.82, 2.24) is 0 Å². The summed E-state index contributed by atoms with van der Waals surface area (Å²) in [5.41, 5.74) is 4.11. The molecule has 0 saturated heterocycles. The second-order valence-corrected chi connectivity index (χ2v) is 10.3. The molecule has 0 N–H and O–H groups in total. The summed E-state index contributed by atoms with van der Waals surface area (Å²) in [4.78, 5) is 0. The Bertz CT molecular complexity index is 2590. The number of hydrogen-bond acceptors (Lipinski definition) is 0. The van der Waals surface area contributed by atoms with E-state index in [1.165, 1.54) is 0 Å². The zero-order valence-electron chi connectivity index (χ0n) is 30.1. The lowest BCUT2D eigenvalue weighted by Gasteiger charge is -2.19. The number of rotatable bonds is 4. The molecule has 0 nitrogen and oxygen atoms in total. The third kappa shape index (κ3) is 4.00. The van der Waals surface area contributed by atoms with E-state index in [1.54, 1.807) is 0 Å². The van der Waals surface area contributed by atoms with Gasteiger partial charge in [0, 0.05) is 0 Å². The van der Waals surface area contributed by atoms with Gasteiger partial charge in [0.1, 0.15) is 0 Å². The summed E-state index contributed by atoms with van der Waals surface area (Å²) in [5.74, 6) is 0. The van der Waals surface area contributed by atoms with E-state index < -0.39 is 24.2 Å². The minimum absolute atomic E-state index is 0.189. The van der Waals surface area contributed by atoms with Crippen LogP contribution in [-0.4, -0.2) is 0 Å². The maximum absolute atomic E-state index is 9.26. The summed E-state index contributed by atoms with van der Waals surface area (Å²) < 4.78 is 71.9. The maximum atomic E-state index is 9.26. The zero-order valence-corrected chi connectivity index (χ0v) is 22.1. The first-order valence-electron chi connectivity index (χ1n) is 17.7. The summed E-state index contributed by atoms with van der Waals surface area (Å²) in [6.07, 6.45) is 0.189. The molecule has 0 fully saturated rings. The van der Waals surface area contributed by atoms with Gasteiger partial charge in [0.25, 0.3) is 0 Å². The van der Waals surface area contributed by atoms with Crippen molar-refractivity contribution in [2.24, 2.45) is 0 Å². The molecule has 0 aliphatic heterocycles. The average Bonchev–Trinajstić information content (AvgIpc) is 3.13. The van der Waals surface area contributed by atoms with E-state index in [1.807, 2.05) is 103 Å². The van der Waals surface area contributed by atoms with E-state index in [4.69, 9.17) is 5.48 Å². The van der Waals surface area contributed by atoms with Crippen LogP contribution in [0.1, 0.15) is 22.1 Å². The summed E-state index contributed by atoms with van der Waals surface area (Å²) in [7, 11) is 0. The predicted octanol–water partition coefficient (Wildman–Crippen LogP) is 11.2. The lowest BCUT2D eigenvalue weighted by Crippen LogP contribution is -1.96. The molecule has 0 spiro atoms. The molecule has 0 saturated carbocycles. The molecule has 0 heteroatoms. The Balaban J connectivity index is 1.55. The Kier molecular flexibility index (Phi) is 4.00. The first-order chi connectivity index (χ1) is 23.7. The standard InChI is InChI=1S/C41H28/c1-3-19-33-28(12-1)14-9-17-31(33)27-40-36-21-5-7-23-38(36)41(39-24-8-6-22-37(39)40)32-18-10-16-30(26-32)35-25-11-15-29-13-2-4-20-34(29)35/h1-26H,27H2/i5D,6D,7D,8D,21D,22D,23D,24D. The van der Waals surface area contributed by atoms with Crippen LogP contribution in [-0.2, 0) is 6.42 Å². The fourth-order valence-corrected chi connectivity index (χ4v) is 6.12. The van der Waals surface area contributed by atoms with Crippen molar-refractivity contribution in [3.8, 4) is 22.3 Å². The normalized spacial score (nSPS) is 14.2. The minimum Gasteiger partial charge on any atom is -0.0616 e. The quantitative estimate of drug-likeness (QED) is 0.199. The Morgan fingerprint density at radius 2 is 0.976 bits per heavy atom. The van der Waals surface area contributed by atoms with E-state index >= 15 is 0 Å². The van der Waals surface area contributed by atoms with Gasteiger partial charge in [0.15, 0.2) is 0 Å². The summed E-state index contributed by atoms with van der Waals surface area (Å²) in [6.45, 7) is 0. The topological polar surface area (TPSA) is 0 Å². The van der Waals surface area contributed by atoms with Crippen LogP contribution in [0.25, 0.3) is 65.3 Å². The average molecular weight is 529 g/mol. The molecular formula is C41H28. The van der Waals surface area contributed by atoms with Gasteiger partial charge in [0.05, 0.1) is 11.0 Å². The third-order valence-electron chi connectivity index (χ3n) is 7.98. The number of benzene rings is 8. The van der Waals surface area contributed by atoms with E-state index in [2.05, 4.69) is 6.07 Å². The fourth-order valence-electron chi connectivity index (χ4n) is 6.12. The van der Waals surface area contributed by atoms with Crippen LogP contribution >= 0.6 is 0 Å². The van der Waals surface area contributed by atoms with Gasteiger partial charge in [-0.15, -0.1) is 0 Å². The van der Waals surface area contributed by atoms with Gasteiger partial charge < -0.3 is 0 Å². The summed E-state index contributed by atoms with van der Waals surface area (Å²) in [6, 6.07) is 33.0. The highest BCUT2D eigenvalue weighted by Gasteiger charge is 2.17. The van der Waals surface area contributed by atoms with Gasteiger partial charge in [-0.05, 0) is 89.0 Å². The van der Waals surface area contributed by atoms with Gasteiger partial charge in [-0.1, -0.05) is 151 Å². The van der Waals surface area contributed by atoms with Crippen LogP contribution in [0.3, 0.4) is 0 Å². The second-order valence-electron chi connectivity index (χ2n) is 10.3. The van der Waals surface area contributed by atoms with E-state index in [0.717, 1.165) is 38.2 Å². The lowest BCUT2D eigenvalue weighted by molar-refractivity contribution is 1.26. The Labute approximate surface area is 251 Å². The molecular weight excluding hydrogens is 492 g/mol. The highest BCUT2D eigenvalue weighted by atomic mass is 14.2. The second kappa shape index (κ2) is 9.77. The fraction of sp³-hybridized carbons (Fsp3) is 0.0244. The van der Waals surface area contributed by atoms with Gasteiger partial charge in [0.2, 0.25) is 0 Å². The first kappa shape index (κ1) is 16.8. The van der Waals surface area contributed by atoms with Crippen molar-refractivity contribution >= 4 is 43.1 Å². The molecule has 0 atom stereocenters. The smallest absolute Gasteiger partial charge is 0.0616 e. The number of hydrogen-bond donors (Lipinski definition) is 0. The highest BCUT2D eigenvalue weighted by molar-refractivity contribution is 6.15. The molecule has 8 aromatic carbocycles. The number of fused-ring (bicyclic) bond motifs is 4. The van der Waals surface area contributed by atoms with Crippen molar-refractivity contribution in [3.63, 3.8) is 0 Å². The highest BCUT2D eigenvalue weighted by Crippen LogP contribution is 2.42. The van der Waals surface area contributed by atoms with Crippen LogP contribution in [0.2, 0.25) is 0 Å². The Hall–Kier alpha value is -5.20. The molecule has 192 valence electrons. The zero-order chi connectivity index (χ0) is 34.1. The van der Waals surface area contributed by atoms with Crippen molar-refractivity contribution in [3.05, 3.63) is 169 Å². The lowest BCUT2D eigenvalue weighted by atomic mass is 9.85. The van der Waals surface area contributed by atoms with Crippen molar-refractivity contribution in [2.75, 3.05) is 0 Å². The van der Waals surface area contributed by atoms with Gasteiger partial charge >= 0.3 is 0 Å². The molecule has 41 heavy (non-hydrogen) atoms. The van der Waals surface area contributed by atoms with E-state index in [-0.39, 0.29) is 52.1 Å². The van der Waals surface area contributed by atoms with Crippen molar-refractivity contribution in [2.45, 2.75) is 6.42 Å². The Morgan fingerprint density at radius 1 is 0.439 bits per heavy atom. The van der Waals surface area contributed by atoms with Crippen molar-refractivity contribution < 1.29 is 11.0 Å². The van der Waals surface area contributed by atoms with Crippen LogP contribution in [0, 0.1) is 0 Å². The van der Waals surface area contributed by atoms with E-state index in [9.17, 15) is 5.48 Å². The molecule has 0 heterocycles. The monoisotopic (exact) mass is 528 g/mol. The van der Waals surface area contributed by atoms with Gasteiger partial charge in [-0.2, -0.15) is 0 Å². The van der Waals surface area contributed by atoms with Crippen LogP contribution in [0.15, 0.2) is 158 Å². The molecule has 8 aromatic rings. The molecule has 0 aliphatic carbocycles. The molecule has 0 bridgehead atoms. The summed E-state index contributed by atoms with van der Waals surface area (Å²) >= 11 is 0. The van der Waals surface area contributed by atoms with Crippen LogP contribution in [0.4, 0.5) is 0 Å². The van der Waals surface area contributed by atoms with Crippen molar-refractivity contribution in [1.29, 1.82) is 0 Å². The molecule has 0 amide bonds. The largest absolute Gasteiger partial charge is 0.0629 e. The van der Waals surface area contributed by atoms with Gasteiger partial charge in [-0.3, -0.25) is 0 Å². The van der Waals surface area contributed by atoms with Gasteiger partial charge in [-0.25, -0.2) is 0 Å². The molecule has 0 aromatic heterocycles. The van der Waals surface area contributed by atoms with E-state index in [0.29, 0.717) is 16.7 Å². The third-order valence-corrected chi connectivity index (χ3v) is 7.98. The predicted molar refractivity (Wildman–Crippen MR) is 177 cm³/mol. The first-order valence-corrected chi connectivity index (χ1v) is 13.7. The molecule has 0 aliphatic rings.